The third-order valence-corrected chi connectivity index (χ3v) is 2.75. The van der Waals surface area contributed by atoms with Gasteiger partial charge in [-0.2, -0.15) is 0 Å². The van der Waals surface area contributed by atoms with Crippen LogP contribution in [-0.2, 0) is 0 Å². The molecule has 72 valence electrons. The second-order valence-corrected chi connectivity index (χ2v) is 3.61. The predicted octanol–water partition coefficient (Wildman–Crippen LogP) is 2.48. The standard InChI is InChI=1S/C10H14ClNO/c1-2-7-3-4-8(6-13)10(12)5-9(7)11/h4-5,7,12-13H,2-3,6H2,1H3. The Morgan fingerprint density at radius 1 is 1.69 bits per heavy atom. The van der Waals surface area contributed by atoms with E-state index >= 15 is 0 Å². The van der Waals surface area contributed by atoms with Gasteiger partial charge in [0, 0.05) is 5.03 Å². The van der Waals surface area contributed by atoms with Gasteiger partial charge in [-0.05, 0) is 30.4 Å². The molecule has 0 saturated carbocycles. The van der Waals surface area contributed by atoms with E-state index in [1.807, 2.05) is 6.08 Å². The summed E-state index contributed by atoms with van der Waals surface area (Å²) in [5, 5.41) is 17.3. The topological polar surface area (TPSA) is 44.1 Å². The van der Waals surface area contributed by atoms with Crippen LogP contribution in [0.25, 0.3) is 0 Å². The van der Waals surface area contributed by atoms with E-state index < -0.39 is 0 Å². The van der Waals surface area contributed by atoms with Crippen molar-refractivity contribution in [1.29, 1.82) is 5.41 Å². The number of aliphatic hydroxyl groups excluding tert-OH is 1. The zero-order valence-electron chi connectivity index (χ0n) is 7.68. The quantitative estimate of drug-likeness (QED) is 0.705. The lowest BCUT2D eigenvalue weighted by Crippen LogP contribution is -2.01. The van der Waals surface area contributed by atoms with Crippen LogP contribution in [0, 0.1) is 11.3 Å². The predicted molar refractivity (Wildman–Crippen MR) is 55.2 cm³/mol. The number of rotatable bonds is 2. The van der Waals surface area contributed by atoms with E-state index in [1.54, 1.807) is 6.08 Å². The van der Waals surface area contributed by atoms with Crippen molar-refractivity contribution >= 4 is 17.3 Å². The third-order valence-electron chi connectivity index (χ3n) is 2.33. The number of allylic oxidation sites excluding steroid dienone is 3. The van der Waals surface area contributed by atoms with Crippen molar-refractivity contribution in [1.82, 2.24) is 0 Å². The highest BCUT2D eigenvalue weighted by Crippen LogP contribution is 2.26. The van der Waals surface area contributed by atoms with Gasteiger partial charge in [-0.15, -0.1) is 0 Å². The Morgan fingerprint density at radius 2 is 2.38 bits per heavy atom. The van der Waals surface area contributed by atoms with Gasteiger partial charge >= 0.3 is 0 Å². The first-order valence-electron chi connectivity index (χ1n) is 4.45. The fourth-order valence-corrected chi connectivity index (χ4v) is 1.72. The minimum atomic E-state index is -0.0735. The molecule has 0 aromatic carbocycles. The highest BCUT2D eigenvalue weighted by Gasteiger charge is 2.15. The van der Waals surface area contributed by atoms with Crippen LogP contribution in [-0.4, -0.2) is 17.4 Å². The third kappa shape index (κ3) is 2.42. The molecule has 2 nitrogen and oxygen atoms in total. The molecule has 0 aromatic heterocycles. The van der Waals surface area contributed by atoms with Crippen LogP contribution in [0.3, 0.4) is 0 Å². The summed E-state index contributed by atoms with van der Waals surface area (Å²) >= 11 is 6.01. The monoisotopic (exact) mass is 199 g/mol. The smallest absolute Gasteiger partial charge is 0.0699 e. The van der Waals surface area contributed by atoms with Gasteiger partial charge in [0.15, 0.2) is 0 Å². The van der Waals surface area contributed by atoms with E-state index in [2.05, 4.69) is 6.92 Å². The van der Waals surface area contributed by atoms with Crippen LogP contribution in [0.4, 0.5) is 0 Å². The highest BCUT2D eigenvalue weighted by molar-refractivity contribution is 6.32. The molecule has 1 aliphatic rings. The van der Waals surface area contributed by atoms with Gasteiger partial charge in [0.05, 0.1) is 12.3 Å². The second kappa shape index (κ2) is 4.58. The van der Waals surface area contributed by atoms with Gasteiger partial charge in [0.1, 0.15) is 0 Å². The Kier molecular flexibility index (Phi) is 3.70. The summed E-state index contributed by atoms with van der Waals surface area (Å²) in [6.45, 7) is 2.00. The Balaban J connectivity index is 2.90. The Bertz CT molecular complexity index is 268. The summed E-state index contributed by atoms with van der Waals surface area (Å²) < 4.78 is 0. The summed E-state index contributed by atoms with van der Waals surface area (Å²) in [6, 6.07) is 0. The van der Waals surface area contributed by atoms with E-state index in [0.29, 0.717) is 17.2 Å². The molecule has 0 bridgehead atoms. The summed E-state index contributed by atoms with van der Waals surface area (Å²) in [7, 11) is 0. The molecule has 0 aliphatic heterocycles. The van der Waals surface area contributed by atoms with E-state index in [1.165, 1.54) is 0 Å². The van der Waals surface area contributed by atoms with Gasteiger partial charge < -0.3 is 10.5 Å². The van der Waals surface area contributed by atoms with Crippen molar-refractivity contribution in [2.75, 3.05) is 6.61 Å². The molecule has 1 rings (SSSR count). The number of nitrogens with one attached hydrogen (secondary N) is 1. The maximum absolute atomic E-state index is 8.95. The number of hydrogen-bond acceptors (Lipinski definition) is 2. The summed E-state index contributed by atoms with van der Waals surface area (Å²) in [4.78, 5) is 0. The second-order valence-electron chi connectivity index (χ2n) is 3.17. The zero-order chi connectivity index (χ0) is 9.84. The van der Waals surface area contributed by atoms with Crippen molar-refractivity contribution < 1.29 is 5.11 Å². The highest BCUT2D eigenvalue weighted by atomic mass is 35.5. The van der Waals surface area contributed by atoms with Gasteiger partial charge in [-0.3, -0.25) is 0 Å². The lowest BCUT2D eigenvalue weighted by molar-refractivity contribution is 0.336. The van der Waals surface area contributed by atoms with Crippen LogP contribution >= 0.6 is 11.6 Å². The fourth-order valence-electron chi connectivity index (χ4n) is 1.37. The molecule has 0 heterocycles. The molecule has 0 spiro atoms. The van der Waals surface area contributed by atoms with Crippen molar-refractivity contribution in [3.63, 3.8) is 0 Å². The first-order valence-corrected chi connectivity index (χ1v) is 4.82. The summed E-state index contributed by atoms with van der Waals surface area (Å²) in [5.74, 6) is 0.311. The van der Waals surface area contributed by atoms with Crippen LogP contribution in [0.5, 0.6) is 0 Å². The summed E-state index contributed by atoms with van der Waals surface area (Å²) in [5.41, 5.74) is 1.01. The first kappa shape index (κ1) is 10.5. The van der Waals surface area contributed by atoms with Crippen molar-refractivity contribution in [2.24, 2.45) is 5.92 Å². The van der Waals surface area contributed by atoms with Crippen LogP contribution in [0.1, 0.15) is 19.8 Å². The maximum Gasteiger partial charge on any atom is 0.0699 e. The van der Waals surface area contributed by atoms with Crippen LogP contribution < -0.4 is 0 Å². The lowest BCUT2D eigenvalue weighted by atomic mass is 10.0. The molecular formula is C10H14ClNO. The molecule has 0 fully saturated rings. The molecule has 1 aliphatic carbocycles. The van der Waals surface area contributed by atoms with Gasteiger partial charge in [-0.1, -0.05) is 24.6 Å². The van der Waals surface area contributed by atoms with E-state index in [-0.39, 0.29) is 6.61 Å². The normalized spacial score (nSPS) is 23.6. The van der Waals surface area contributed by atoms with Gasteiger partial charge in [0.2, 0.25) is 0 Å². The van der Waals surface area contributed by atoms with Crippen molar-refractivity contribution in [3.05, 3.63) is 22.8 Å². The first-order chi connectivity index (χ1) is 6.19. The Hall–Kier alpha value is -0.600. The van der Waals surface area contributed by atoms with E-state index in [4.69, 9.17) is 22.1 Å². The largest absolute Gasteiger partial charge is 0.392 e. The number of aliphatic hydroxyl groups is 1. The van der Waals surface area contributed by atoms with Crippen molar-refractivity contribution in [2.45, 2.75) is 19.8 Å². The van der Waals surface area contributed by atoms with Crippen molar-refractivity contribution in [3.8, 4) is 0 Å². The average Bonchev–Trinajstić information content (AvgIpc) is 2.24. The zero-order valence-corrected chi connectivity index (χ0v) is 8.43. The molecule has 13 heavy (non-hydrogen) atoms. The van der Waals surface area contributed by atoms with E-state index in [0.717, 1.165) is 17.9 Å². The molecule has 0 radical (unpaired) electrons. The lowest BCUT2D eigenvalue weighted by Gasteiger charge is -2.08. The van der Waals surface area contributed by atoms with E-state index in [9.17, 15) is 0 Å². The Labute approximate surface area is 83.4 Å². The number of hydrogen-bond donors (Lipinski definition) is 2. The van der Waals surface area contributed by atoms with Crippen LogP contribution in [0.15, 0.2) is 22.8 Å². The number of halogens is 1. The van der Waals surface area contributed by atoms with Gasteiger partial charge in [0.25, 0.3) is 0 Å². The molecule has 0 saturated heterocycles. The van der Waals surface area contributed by atoms with Gasteiger partial charge in [-0.25, -0.2) is 0 Å². The molecular weight excluding hydrogens is 186 g/mol. The van der Waals surface area contributed by atoms with Crippen LogP contribution in [0.2, 0.25) is 0 Å². The SMILES string of the molecule is CCC1CC=C(CO)C(=N)C=C1Cl. The molecule has 0 aromatic rings. The molecule has 0 amide bonds. The summed E-state index contributed by atoms with van der Waals surface area (Å²) in [6.07, 6.45) is 5.34. The minimum absolute atomic E-state index is 0.0735. The minimum Gasteiger partial charge on any atom is -0.392 e. The maximum atomic E-state index is 8.95. The molecule has 1 atom stereocenters. The Morgan fingerprint density at radius 3 is 2.92 bits per heavy atom. The molecule has 3 heteroatoms. The molecule has 1 unspecified atom stereocenters. The fraction of sp³-hybridized carbons (Fsp3) is 0.500. The molecule has 2 N–H and O–H groups in total. The average molecular weight is 200 g/mol.